The Morgan fingerprint density at radius 1 is 1.25 bits per heavy atom. The fourth-order valence-electron chi connectivity index (χ4n) is 1.04. The van der Waals surface area contributed by atoms with Crippen molar-refractivity contribution in [2.75, 3.05) is 6.54 Å². The number of thiocarbonyl (C=S) groups is 1. The van der Waals surface area contributed by atoms with Crippen molar-refractivity contribution < 1.29 is 0 Å². The molecule has 0 saturated carbocycles. The molecule has 12 heavy (non-hydrogen) atoms. The summed E-state index contributed by atoms with van der Waals surface area (Å²) in [4.78, 5) is 4.33. The van der Waals surface area contributed by atoms with E-state index in [1.807, 2.05) is 18.2 Å². The molecule has 3 heteroatoms. The van der Waals surface area contributed by atoms with Crippen LogP contribution in [0.15, 0.2) is 35.3 Å². The summed E-state index contributed by atoms with van der Waals surface area (Å²) in [7, 11) is 0. The molecule has 0 atom stereocenters. The first-order valence-electron chi connectivity index (χ1n) is 3.67. The van der Waals surface area contributed by atoms with Crippen molar-refractivity contribution in [1.82, 2.24) is 0 Å². The summed E-state index contributed by atoms with van der Waals surface area (Å²) in [6.07, 6.45) is 0. The van der Waals surface area contributed by atoms with E-state index in [0.717, 1.165) is 9.24 Å². The number of benzene rings is 1. The second-order valence-corrected chi connectivity index (χ2v) is 4.30. The molecule has 0 saturated heterocycles. The maximum Gasteiger partial charge on any atom is 0.103 e. The van der Waals surface area contributed by atoms with Crippen LogP contribution in [-0.4, -0.2) is 15.8 Å². The van der Waals surface area contributed by atoms with Gasteiger partial charge in [0.1, 0.15) is 5.04 Å². The number of thioether (sulfide) groups is 1. The molecule has 60 valence electrons. The summed E-state index contributed by atoms with van der Waals surface area (Å²) in [5.74, 6) is 0. The van der Waals surface area contributed by atoms with Gasteiger partial charge in [0.15, 0.2) is 0 Å². The molecule has 0 amide bonds. The van der Waals surface area contributed by atoms with Gasteiger partial charge < -0.3 is 0 Å². The minimum absolute atomic E-state index is 0.699. The zero-order chi connectivity index (χ0) is 8.39. The van der Waals surface area contributed by atoms with Gasteiger partial charge in [0.2, 0.25) is 0 Å². The maximum absolute atomic E-state index is 5.04. The van der Waals surface area contributed by atoms with Crippen LogP contribution in [0.1, 0.15) is 5.56 Å². The monoisotopic (exact) mass is 193 g/mol. The van der Waals surface area contributed by atoms with Gasteiger partial charge in [-0.15, -0.1) is 0 Å². The minimum Gasteiger partial charge on any atom is -0.271 e. The van der Waals surface area contributed by atoms with E-state index in [1.54, 1.807) is 11.8 Å². The van der Waals surface area contributed by atoms with Crippen molar-refractivity contribution in [2.24, 2.45) is 4.99 Å². The Morgan fingerprint density at radius 2 is 2.00 bits per heavy atom. The molecule has 0 aromatic heterocycles. The average molecular weight is 193 g/mol. The van der Waals surface area contributed by atoms with Gasteiger partial charge in [-0.25, -0.2) is 0 Å². The van der Waals surface area contributed by atoms with Gasteiger partial charge in [0.25, 0.3) is 0 Å². The first-order valence-corrected chi connectivity index (χ1v) is 4.89. The fourth-order valence-corrected chi connectivity index (χ4v) is 2.07. The lowest BCUT2D eigenvalue weighted by Gasteiger charge is -1.96. The summed E-state index contributed by atoms with van der Waals surface area (Å²) in [6, 6.07) is 10.1. The van der Waals surface area contributed by atoms with E-state index in [4.69, 9.17) is 12.2 Å². The third-order valence-corrected chi connectivity index (χ3v) is 2.88. The highest BCUT2D eigenvalue weighted by atomic mass is 32.2. The van der Waals surface area contributed by atoms with E-state index in [0.29, 0.717) is 6.54 Å². The van der Waals surface area contributed by atoms with Gasteiger partial charge in [-0.2, -0.15) is 0 Å². The standard InChI is InChI=1S/C9H7NS2/c11-8-6-10-9(12-8)7-4-2-1-3-5-7/h1-5H,6H2. The van der Waals surface area contributed by atoms with Crippen molar-refractivity contribution in [1.29, 1.82) is 0 Å². The number of aliphatic imine (C=N–C) groups is 1. The zero-order valence-electron chi connectivity index (χ0n) is 6.36. The lowest BCUT2D eigenvalue weighted by Crippen LogP contribution is -1.90. The minimum atomic E-state index is 0.699. The maximum atomic E-state index is 5.04. The van der Waals surface area contributed by atoms with Crippen LogP contribution < -0.4 is 0 Å². The van der Waals surface area contributed by atoms with Crippen LogP contribution >= 0.6 is 24.0 Å². The number of nitrogens with zero attached hydrogens (tertiary/aromatic N) is 1. The lowest BCUT2D eigenvalue weighted by atomic mass is 10.2. The normalized spacial score (nSPS) is 16.3. The Balaban J connectivity index is 2.28. The van der Waals surface area contributed by atoms with Crippen molar-refractivity contribution in [3.05, 3.63) is 35.9 Å². The van der Waals surface area contributed by atoms with Crippen molar-refractivity contribution in [3.63, 3.8) is 0 Å². The Kier molecular flexibility index (Phi) is 2.23. The lowest BCUT2D eigenvalue weighted by molar-refractivity contribution is 1.36. The molecule has 1 aromatic rings. The molecule has 1 aliphatic rings. The van der Waals surface area contributed by atoms with Crippen molar-refractivity contribution in [2.45, 2.75) is 0 Å². The van der Waals surface area contributed by atoms with Gasteiger partial charge in [0, 0.05) is 5.56 Å². The molecule has 1 aliphatic heterocycles. The summed E-state index contributed by atoms with van der Waals surface area (Å²) < 4.78 is 0.967. The SMILES string of the molecule is S=C1CN=C(c2ccccc2)S1. The van der Waals surface area contributed by atoms with Crippen LogP contribution in [0.25, 0.3) is 0 Å². The number of hydrogen-bond acceptors (Lipinski definition) is 3. The third kappa shape index (κ3) is 1.57. The highest BCUT2D eigenvalue weighted by molar-refractivity contribution is 8.33. The van der Waals surface area contributed by atoms with E-state index < -0.39 is 0 Å². The van der Waals surface area contributed by atoms with E-state index in [9.17, 15) is 0 Å². The molecule has 0 fully saturated rings. The molecular weight excluding hydrogens is 186 g/mol. The van der Waals surface area contributed by atoms with Crippen LogP contribution in [0.5, 0.6) is 0 Å². The second kappa shape index (κ2) is 3.37. The average Bonchev–Trinajstić information content (AvgIpc) is 2.54. The summed E-state index contributed by atoms with van der Waals surface area (Å²) in [5, 5.41) is 1.06. The molecule has 1 nitrogen and oxygen atoms in total. The van der Waals surface area contributed by atoms with Gasteiger partial charge in [0.05, 0.1) is 10.7 Å². The van der Waals surface area contributed by atoms with Gasteiger partial charge in [-0.3, -0.25) is 4.99 Å². The van der Waals surface area contributed by atoms with Gasteiger partial charge in [-0.1, -0.05) is 54.3 Å². The Hall–Kier alpha value is -0.670. The topological polar surface area (TPSA) is 12.4 Å². The smallest absolute Gasteiger partial charge is 0.103 e. The first-order chi connectivity index (χ1) is 5.86. The molecule has 0 radical (unpaired) electrons. The summed E-state index contributed by atoms with van der Waals surface area (Å²) >= 11 is 6.64. The molecule has 0 spiro atoms. The highest BCUT2D eigenvalue weighted by Gasteiger charge is 2.13. The van der Waals surface area contributed by atoms with Crippen molar-refractivity contribution >= 4 is 33.2 Å². The molecule has 0 aliphatic carbocycles. The van der Waals surface area contributed by atoms with E-state index >= 15 is 0 Å². The zero-order valence-corrected chi connectivity index (χ0v) is 7.99. The van der Waals surface area contributed by atoms with Crippen LogP contribution in [0.4, 0.5) is 0 Å². The molecule has 1 aromatic carbocycles. The van der Waals surface area contributed by atoms with Crippen LogP contribution in [0.2, 0.25) is 0 Å². The Bertz CT molecular complexity index is 330. The van der Waals surface area contributed by atoms with Crippen LogP contribution in [-0.2, 0) is 0 Å². The third-order valence-electron chi connectivity index (χ3n) is 1.58. The summed E-state index contributed by atoms with van der Waals surface area (Å²) in [5.41, 5.74) is 1.17. The number of hydrogen-bond donors (Lipinski definition) is 0. The van der Waals surface area contributed by atoms with Crippen LogP contribution in [0.3, 0.4) is 0 Å². The van der Waals surface area contributed by atoms with Crippen LogP contribution in [0, 0.1) is 0 Å². The second-order valence-electron chi connectivity index (χ2n) is 2.46. The Labute approximate surface area is 80.9 Å². The first kappa shape index (κ1) is 7.95. The van der Waals surface area contributed by atoms with E-state index in [-0.39, 0.29) is 0 Å². The highest BCUT2D eigenvalue weighted by Crippen LogP contribution is 2.21. The largest absolute Gasteiger partial charge is 0.271 e. The molecule has 0 unspecified atom stereocenters. The molecule has 0 N–H and O–H groups in total. The quantitative estimate of drug-likeness (QED) is 0.635. The number of rotatable bonds is 1. The Morgan fingerprint density at radius 3 is 2.58 bits per heavy atom. The van der Waals surface area contributed by atoms with E-state index in [1.165, 1.54) is 5.56 Å². The molecule has 2 rings (SSSR count). The predicted octanol–water partition coefficient (Wildman–Crippen LogP) is 2.51. The van der Waals surface area contributed by atoms with Gasteiger partial charge >= 0.3 is 0 Å². The summed E-state index contributed by atoms with van der Waals surface area (Å²) in [6.45, 7) is 0.699. The molecular formula is C9H7NS2. The van der Waals surface area contributed by atoms with Gasteiger partial charge in [-0.05, 0) is 0 Å². The predicted molar refractivity (Wildman–Crippen MR) is 58.0 cm³/mol. The van der Waals surface area contributed by atoms with E-state index in [2.05, 4.69) is 17.1 Å². The van der Waals surface area contributed by atoms with Crippen molar-refractivity contribution in [3.8, 4) is 0 Å². The molecule has 1 heterocycles. The molecule has 0 bridgehead atoms. The fraction of sp³-hybridized carbons (Fsp3) is 0.111.